The molecule has 326 valence electrons. The van der Waals surface area contributed by atoms with Gasteiger partial charge in [0.25, 0.3) is 0 Å². The predicted octanol–water partition coefficient (Wildman–Crippen LogP) is 18.2. The largest absolute Gasteiger partial charge is 0.310 e. The molecular formula is C68H44N2. The summed E-state index contributed by atoms with van der Waals surface area (Å²) in [6.07, 6.45) is 1.80. The van der Waals surface area contributed by atoms with Gasteiger partial charge < -0.3 is 9.80 Å². The van der Waals surface area contributed by atoms with Crippen molar-refractivity contribution >= 4 is 66.8 Å². The Labute approximate surface area is 408 Å². The number of rotatable bonds is 4. The highest BCUT2D eigenvalue weighted by atomic mass is 15.2. The van der Waals surface area contributed by atoms with Gasteiger partial charge in [-0.15, -0.1) is 0 Å². The van der Waals surface area contributed by atoms with Gasteiger partial charge in [-0.05, 0) is 182 Å². The topological polar surface area (TPSA) is 6.48 Å². The van der Waals surface area contributed by atoms with Crippen molar-refractivity contribution in [1.29, 1.82) is 0 Å². The minimum Gasteiger partial charge on any atom is -0.310 e. The molecule has 15 rings (SSSR count). The van der Waals surface area contributed by atoms with Crippen molar-refractivity contribution in [2.24, 2.45) is 0 Å². The Hall–Kier alpha value is -8.98. The quantitative estimate of drug-likeness (QED) is 0.162. The average molecular weight is 889 g/mol. The van der Waals surface area contributed by atoms with Crippen LogP contribution in [0.5, 0.6) is 0 Å². The third-order valence-electron chi connectivity index (χ3n) is 15.6. The second kappa shape index (κ2) is 14.8. The van der Waals surface area contributed by atoms with Gasteiger partial charge in [0.1, 0.15) is 0 Å². The number of nitrogens with zero attached hydrogens (tertiary/aromatic N) is 2. The molecule has 0 radical (unpaired) electrons. The first-order valence-electron chi connectivity index (χ1n) is 24.4. The Morgan fingerprint density at radius 2 is 0.600 bits per heavy atom. The Balaban J connectivity index is 1.06. The molecule has 2 nitrogen and oxygen atoms in total. The van der Waals surface area contributed by atoms with Gasteiger partial charge in [-0.2, -0.15) is 0 Å². The van der Waals surface area contributed by atoms with Gasteiger partial charge in [0.05, 0.1) is 0 Å². The zero-order chi connectivity index (χ0) is 46.2. The SMILES string of the molecule is C=C1c2ccccc2-c2ccc(-c3c4ccc(N5c6ccccc6Cc6ccccc65)cc4c(-c4ccc5c(c4)C(=C)c4ccccc4-5)c4cc(N5c6ccccc6Cc6ccccc65)ccc34)cc21. The molecule has 0 bridgehead atoms. The molecule has 0 unspecified atom stereocenters. The van der Waals surface area contributed by atoms with E-state index in [4.69, 9.17) is 6.58 Å². The first-order chi connectivity index (χ1) is 34.6. The van der Waals surface area contributed by atoms with Crippen LogP contribution in [0, 0.1) is 0 Å². The summed E-state index contributed by atoms with van der Waals surface area (Å²) < 4.78 is 0. The summed E-state index contributed by atoms with van der Waals surface area (Å²) in [6.45, 7) is 9.40. The maximum Gasteiger partial charge on any atom is 0.0497 e. The summed E-state index contributed by atoms with van der Waals surface area (Å²) in [7, 11) is 0. The van der Waals surface area contributed by atoms with Crippen molar-refractivity contribution in [3.63, 3.8) is 0 Å². The zero-order valence-electron chi connectivity index (χ0n) is 38.5. The number of hydrogen-bond donors (Lipinski definition) is 0. The van der Waals surface area contributed by atoms with E-state index in [0.717, 1.165) is 35.4 Å². The molecule has 0 aromatic heterocycles. The fourth-order valence-corrected chi connectivity index (χ4v) is 12.5. The second-order valence-electron chi connectivity index (χ2n) is 19.3. The summed E-state index contributed by atoms with van der Waals surface area (Å²) in [6, 6.07) is 81.6. The van der Waals surface area contributed by atoms with Crippen molar-refractivity contribution in [3.8, 4) is 44.5 Å². The molecule has 70 heavy (non-hydrogen) atoms. The third kappa shape index (κ3) is 5.56. The Morgan fingerprint density at radius 1 is 0.271 bits per heavy atom. The van der Waals surface area contributed by atoms with Crippen LogP contribution in [0.2, 0.25) is 0 Å². The number of benzene rings is 11. The molecule has 0 N–H and O–H groups in total. The van der Waals surface area contributed by atoms with Gasteiger partial charge in [-0.3, -0.25) is 0 Å². The maximum atomic E-state index is 4.72. The molecular weight excluding hydrogens is 845 g/mol. The highest BCUT2D eigenvalue weighted by molar-refractivity contribution is 6.23. The van der Waals surface area contributed by atoms with E-state index in [-0.39, 0.29) is 0 Å². The third-order valence-corrected chi connectivity index (χ3v) is 15.6. The predicted molar refractivity (Wildman–Crippen MR) is 294 cm³/mol. The molecule has 11 aromatic carbocycles. The Kier molecular flexibility index (Phi) is 8.24. The van der Waals surface area contributed by atoms with Gasteiger partial charge in [-0.25, -0.2) is 0 Å². The summed E-state index contributed by atoms with van der Waals surface area (Å²) in [5.41, 5.74) is 29.1. The van der Waals surface area contributed by atoms with E-state index >= 15 is 0 Å². The molecule has 0 atom stereocenters. The lowest BCUT2D eigenvalue weighted by atomic mass is 9.83. The van der Waals surface area contributed by atoms with Gasteiger partial charge >= 0.3 is 0 Å². The van der Waals surface area contributed by atoms with Crippen LogP contribution < -0.4 is 9.80 Å². The van der Waals surface area contributed by atoms with Crippen LogP contribution in [0.3, 0.4) is 0 Å². The summed E-state index contributed by atoms with van der Waals surface area (Å²) >= 11 is 0. The lowest BCUT2D eigenvalue weighted by Crippen LogP contribution is -2.18. The van der Waals surface area contributed by atoms with E-state index < -0.39 is 0 Å². The average Bonchev–Trinajstić information content (AvgIpc) is 3.86. The highest BCUT2D eigenvalue weighted by Gasteiger charge is 2.30. The van der Waals surface area contributed by atoms with Gasteiger partial charge in [0.15, 0.2) is 0 Å². The van der Waals surface area contributed by atoms with Gasteiger partial charge in [0, 0.05) is 47.0 Å². The normalized spacial score (nSPS) is 13.6. The zero-order valence-corrected chi connectivity index (χ0v) is 38.5. The fourth-order valence-electron chi connectivity index (χ4n) is 12.5. The van der Waals surface area contributed by atoms with Crippen LogP contribution in [0.4, 0.5) is 34.1 Å². The number of para-hydroxylation sites is 4. The molecule has 0 spiro atoms. The smallest absolute Gasteiger partial charge is 0.0497 e. The van der Waals surface area contributed by atoms with Crippen molar-refractivity contribution < 1.29 is 0 Å². The first kappa shape index (κ1) is 39.1. The molecule has 4 aliphatic rings. The van der Waals surface area contributed by atoms with Gasteiger partial charge in [0.2, 0.25) is 0 Å². The summed E-state index contributed by atoms with van der Waals surface area (Å²) in [5.74, 6) is 0. The highest BCUT2D eigenvalue weighted by Crippen LogP contribution is 2.54. The molecule has 2 aliphatic carbocycles. The summed E-state index contributed by atoms with van der Waals surface area (Å²) in [5, 5.41) is 4.80. The van der Waals surface area contributed by atoms with Crippen molar-refractivity contribution in [1.82, 2.24) is 0 Å². The van der Waals surface area contributed by atoms with E-state index in [9.17, 15) is 0 Å². The lowest BCUT2D eigenvalue weighted by molar-refractivity contribution is 1.09. The van der Waals surface area contributed by atoms with Crippen molar-refractivity contribution in [2.75, 3.05) is 9.80 Å². The number of hydrogen-bond acceptors (Lipinski definition) is 2. The molecule has 2 heteroatoms. The minimum absolute atomic E-state index is 0.900. The van der Waals surface area contributed by atoms with E-state index in [1.54, 1.807) is 0 Å². The molecule has 0 saturated heterocycles. The maximum absolute atomic E-state index is 4.72. The number of fused-ring (bicyclic) bond motifs is 12. The summed E-state index contributed by atoms with van der Waals surface area (Å²) in [4.78, 5) is 4.97. The Bertz CT molecular complexity index is 3880. The minimum atomic E-state index is 0.900. The number of anilines is 6. The van der Waals surface area contributed by atoms with Crippen LogP contribution in [0.15, 0.2) is 232 Å². The van der Waals surface area contributed by atoms with Crippen molar-refractivity contribution in [2.45, 2.75) is 12.8 Å². The monoisotopic (exact) mass is 888 g/mol. The van der Waals surface area contributed by atoms with Crippen LogP contribution in [0.25, 0.3) is 77.2 Å². The molecule has 2 heterocycles. The van der Waals surface area contributed by atoms with Crippen molar-refractivity contribution in [3.05, 3.63) is 276 Å². The van der Waals surface area contributed by atoms with E-state index in [1.807, 2.05) is 0 Å². The molecule has 2 aliphatic heterocycles. The lowest BCUT2D eigenvalue weighted by Gasteiger charge is -2.34. The first-order valence-corrected chi connectivity index (χ1v) is 24.4. The van der Waals surface area contributed by atoms with E-state index in [2.05, 4.69) is 235 Å². The van der Waals surface area contributed by atoms with Crippen LogP contribution in [0.1, 0.15) is 44.5 Å². The van der Waals surface area contributed by atoms with E-state index in [0.29, 0.717) is 0 Å². The van der Waals surface area contributed by atoms with Gasteiger partial charge in [-0.1, -0.05) is 171 Å². The second-order valence-corrected chi connectivity index (χ2v) is 19.3. The van der Waals surface area contributed by atoms with Crippen LogP contribution >= 0.6 is 0 Å². The molecule has 0 fully saturated rings. The fraction of sp³-hybridized carbons (Fsp3) is 0.0294. The standard InChI is InChI=1S/C68H44N2/c1-41-51-19-7-9-21-53(51)55-31-27-47(37-59(41)55)67-57-33-29-49(69-63-23-11-3-15-43(63)35-44-16-4-12-24-64(44)69)39-61(57)68(48-28-32-56-54-22-10-8-20-52(54)42(2)60(56)38-48)62-40-50(30-34-58(62)67)70-65-25-13-5-17-45(65)36-46-18-6-14-26-66(46)70/h3-34,37-40H,1-2,35-36H2. The molecule has 0 amide bonds. The Morgan fingerprint density at radius 3 is 1.00 bits per heavy atom. The molecule has 11 aromatic rings. The van der Waals surface area contributed by atoms with Crippen LogP contribution in [-0.2, 0) is 12.8 Å². The molecule has 0 saturated carbocycles. The van der Waals surface area contributed by atoms with E-state index in [1.165, 1.54) is 133 Å². The van der Waals surface area contributed by atoms with Crippen LogP contribution in [-0.4, -0.2) is 0 Å².